The minimum Gasteiger partial charge on any atom is -0.386 e. The average molecular weight is 446 g/mol. The van der Waals surface area contributed by atoms with Crippen molar-refractivity contribution in [2.45, 2.75) is 57.4 Å². The molecule has 0 radical (unpaired) electrons. The average Bonchev–Trinajstić information content (AvgIpc) is 2.71. The minimum atomic E-state index is -1.31. The van der Waals surface area contributed by atoms with Crippen molar-refractivity contribution < 1.29 is 28.6 Å². The Balaban J connectivity index is 1.66. The first kappa shape index (κ1) is 23.8. The van der Waals surface area contributed by atoms with Gasteiger partial charge in [0.2, 0.25) is 11.8 Å². The SMILES string of the molecule is CC(NC(=O)C1(C(=O)NC(C)C(O)c2cccc(F)c2)CCC1)C(O)c1cccc(F)c1. The molecule has 2 amide bonds. The highest BCUT2D eigenvalue weighted by Gasteiger charge is 2.51. The summed E-state index contributed by atoms with van der Waals surface area (Å²) < 4.78 is 26.9. The lowest BCUT2D eigenvalue weighted by Crippen LogP contribution is -2.58. The first-order chi connectivity index (χ1) is 15.1. The maximum absolute atomic E-state index is 13.5. The van der Waals surface area contributed by atoms with Crippen molar-refractivity contribution in [3.63, 3.8) is 0 Å². The Labute approximate surface area is 185 Å². The normalized spacial score (nSPS) is 18.6. The third kappa shape index (κ3) is 4.97. The number of amides is 2. The largest absolute Gasteiger partial charge is 0.386 e. The molecule has 4 atom stereocenters. The van der Waals surface area contributed by atoms with Gasteiger partial charge in [0.15, 0.2) is 0 Å². The van der Waals surface area contributed by atoms with Gasteiger partial charge in [-0.05, 0) is 62.1 Å². The van der Waals surface area contributed by atoms with Crippen LogP contribution >= 0.6 is 0 Å². The van der Waals surface area contributed by atoms with Crippen LogP contribution in [0.25, 0.3) is 0 Å². The first-order valence-corrected chi connectivity index (χ1v) is 10.6. The molecule has 8 heteroatoms. The number of rotatable bonds is 8. The second kappa shape index (κ2) is 9.75. The fourth-order valence-electron chi connectivity index (χ4n) is 3.89. The van der Waals surface area contributed by atoms with Crippen molar-refractivity contribution in [2.75, 3.05) is 0 Å². The number of aliphatic hydroxyl groups excluding tert-OH is 2. The van der Waals surface area contributed by atoms with Gasteiger partial charge in [-0.1, -0.05) is 30.7 Å². The fraction of sp³-hybridized carbons (Fsp3) is 0.417. The van der Waals surface area contributed by atoms with Crippen LogP contribution in [-0.2, 0) is 9.59 Å². The molecule has 0 spiro atoms. The Morgan fingerprint density at radius 1 is 0.844 bits per heavy atom. The zero-order valence-electron chi connectivity index (χ0n) is 18.0. The Morgan fingerprint density at radius 2 is 1.25 bits per heavy atom. The number of halogens is 2. The van der Waals surface area contributed by atoms with Gasteiger partial charge in [-0.25, -0.2) is 8.78 Å². The summed E-state index contributed by atoms with van der Waals surface area (Å²) in [5.74, 6) is -2.06. The van der Waals surface area contributed by atoms with Gasteiger partial charge in [-0.2, -0.15) is 0 Å². The van der Waals surface area contributed by atoms with Crippen LogP contribution in [0.1, 0.15) is 56.4 Å². The zero-order chi connectivity index (χ0) is 23.5. The lowest BCUT2D eigenvalue weighted by Gasteiger charge is -2.40. The molecule has 1 saturated carbocycles. The number of hydrogen-bond acceptors (Lipinski definition) is 4. The molecule has 0 heterocycles. The number of hydrogen-bond donors (Lipinski definition) is 4. The zero-order valence-corrected chi connectivity index (χ0v) is 18.0. The molecule has 4 unspecified atom stereocenters. The Morgan fingerprint density at radius 3 is 1.56 bits per heavy atom. The van der Waals surface area contributed by atoms with Crippen LogP contribution in [0.4, 0.5) is 8.78 Å². The number of benzene rings is 2. The number of nitrogens with one attached hydrogen (secondary N) is 2. The highest BCUT2D eigenvalue weighted by atomic mass is 19.1. The summed E-state index contributed by atoms with van der Waals surface area (Å²) >= 11 is 0. The van der Waals surface area contributed by atoms with E-state index in [4.69, 9.17) is 0 Å². The van der Waals surface area contributed by atoms with E-state index in [-0.39, 0.29) is 0 Å². The summed E-state index contributed by atoms with van der Waals surface area (Å²) in [7, 11) is 0. The van der Waals surface area contributed by atoms with Crippen LogP contribution in [0.2, 0.25) is 0 Å². The van der Waals surface area contributed by atoms with E-state index in [0.717, 1.165) is 0 Å². The molecule has 4 N–H and O–H groups in total. The minimum absolute atomic E-state index is 0.316. The Kier molecular flexibility index (Phi) is 7.26. The molecule has 0 bridgehead atoms. The van der Waals surface area contributed by atoms with E-state index in [2.05, 4.69) is 10.6 Å². The molecule has 0 saturated heterocycles. The molecule has 32 heavy (non-hydrogen) atoms. The molecule has 2 aromatic rings. The summed E-state index contributed by atoms with van der Waals surface area (Å²) in [6, 6.07) is 9.41. The van der Waals surface area contributed by atoms with Gasteiger partial charge in [-0.3, -0.25) is 9.59 Å². The summed E-state index contributed by atoms with van der Waals surface area (Å²) in [6.45, 7) is 3.15. The molecule has 3 rings (SSSR count). The highest BCUT2D eigenvalue weighted by Crippen LogP contribution is 2.42. The van der Waals surface area contributed by atoms with Crippen molar-refractivity contribution in [1.82, 2.24) is 10.6 Å². The van der Waals surface area contributed by atoms with Crippen molar-refractivity contribution in [3.05, 3.63) is 71.3 Å². The standard InChI is InChI=1S/C24H28F2N2O4/c1-14(20(29)16-6-3-8-18(25)12-16)27-22(31)24(10-5-11-24)23(32)28-15(2)21(30)17-7-4-9-19(26)13-17/h3-4,6-9,12-15,20-21,29-30H,5,10-11H2,1-2H3,(H,27,31)(H,28,32). The monoisotopic (exact) mass is 446 g/mol. The van der Waals surface area contributed by atoms with Crippen LogP contribution in [0.15, 0.2) is 48.5 Å². The van der Waals surface area contributed by atoms with Crippen molar-refractivity contribution in [2.24, 2.45) is 5.41 Å². The van der Waals surface area contributed by atoms with Gasteiger partial charge in [0.25, 0.3) is 0 Å². The second-order valence-electron chi connectivity index (χ2n) is 8.46. The third-order valence-corrected chi connectivity index (χ3v) is 6.12. The van der Waals surface area contributed by atoms with E-state index in [9.17, 15) is 28.6 Å². The third-order valence-electron chi connectivity index (χ3n) is 6.12. The molecule has 0 aromatic heterocycles. The van der Waals surface area contributed by atoms with Crippen LogP contribution in [-0.4, -0.2) is 34.1 Å². The van der Waals surface area contributed by atoms with E-state index in [0.29, 0.717) is 30.4 Å². The van der Waals surface area contributed by atoms with Crippen molar-refractivity contribution >= 4 is 11.8 Å². The van der Waals surface area contributed by atoms with Crippen LogP contribution in [0.3, 0.4) is 0 Å². The number of aliphatic hydroxyl groups is 2. The second-order valence-corrected chi connectivity index (χ2v) is 8.46. The van der Waals surface area contributed by atoms with Gasteiger partial charge in [0, 0.05) is 0 Å². The summed E-state index contributed by atoms with van der Waals surface area (Å²) in [4.78, 5) is 26.0. The molecule has 1 aliphatic carbocycles. The predicted molar refractivity (Wildman–Crippen MR) is 114 cm³/mol. The first-order valence-electron chi connectivity index (χ1n) is 10.6. The van der Waals surface area contributed by atoms with Crippen LogP contribution in [0, 0.1) is 17.0 Å². The summed E-state index contributed by atoms with van der Waals surface area (Å²) in [6.07, 6.45) is -0.957. The number of carbonyl (C=O) groups is 2. The van der Waals surface area contributed by atoms with Gasteiger partial charge in [-0.15, -0.1) is 0 Å². The molecule has 2 aromatic carbocycles. The smallest absolute Gasteiger partial charge is 0.236 e. The fourth-order valence-corrected chi connectivity index (χ4v) is 3.89. The highest BCUT2D eigenvalue weighted by molar-refractivity contribution is 6.06. The van der Waals surface area contributed by atoms with Crippen LogP contribution < -0.4 is 10.6 Å². The predicted octanol–water partition coefficient (Wildman–Crippen LogP) is 2.91. The van der Waals surface area contributed by atoms with Gasteiger partial charge in [0.05, 0.1) is 24.3 Å². The van der Waals surface area contributed by atoms with Crippen LogP contribution in [0.5, 0.6) is 0 Å². The van der Waals surface area contributed by atoms with E-state index in [1.54, 1.807) is 26.0 Å². The maximum atomic E-state index is 13.5. The Hall–Kier alpha value is -2.84. The van der Waals surface area contributed by atoms with Gasteiger partial charge >= 0.3 is 0 Å². The van der Waals surface area contributed by atoms with Crippen molar-refractivity contribution in [3.8, 4) is 0 Å². The lowest BCUT2D eigenvalue weighted by molar-refractivity contribution is -0.151. The summed E-state index contributed by atoms with van der Waals surface area (Å²) in [5, 5.41) is 26.3. The quantitative estimate of drug-likeness (QED) is 0.469. The molecule has 1 fully saturated rings. The molecule has 0 aliphatic heterocycles. The van der Waals surface area contributed by atoms with Gasteiger partial charge < -0.3 is 20.8 Å². The van der Waals surface area contributed by atoms with Crippen molar-refractivity contribution in [1.29, 1.82) is 0 Å². The topological polar surface area (TPSA) is 98.7 Å². The molecular weight excluding hydrogens is 418 g/mol. The molecule has 6 nitrogen and oxygen atoms in total. The summed E-state index contributed by atoms with van der Waals surface area (Å²) in [5.41, 5.74) is -0.681. The molecule has 172 valence electrons. The molecule has 1 aliphatic rings. The number of carbonyl (C=O) groups excluding carboxylic acids is 2. The lowest BCUT2D eigenvalue weighted by atomic mass is 9.67. The molecular formula is C24H28F2N2O4. The van der Waals surface area contributed by atoms with E-state index in [1.807, 2.05) is 0 Å². The maximum Gasteiger partial charge on any atom is 0.236 e. The van der Waals surface area contributed by atoms with Gasteiger partial charge in [0.1, 0.15) is 17.0 Å². The van der Waals surface area contributed by atoms with E-state index < -0.39 is 53.2 Å². The van der Waals surface area contributed by atoms with E-state index in [1.165, 1.54) is 36.4 Å². The Bertz CT molecular complexity index is 906. The van der Waals surface area contributed by atoms with E-state index >= 15 is 0 Å².